The topological polar surface area (TPSA) is 47.3 Å². The minimum atomic E-state index is -0.315. The van der Waals surface area contributed by atoms with Gasteiger partial charge in [0.2, 0.25) is 0 Å². The first kappa shape index (κ1) is 12.2. The molecule has 0 radical (unpaired) electrons. The maximum absolute atomic E-state index is 13.0. The summed E-state index contributed by atoms with van der Waals surface area (Å²) in [4.78, 5) is 0. The van der Waals surface area contributed by atoms with Crippen LogP contribution in [0.3, 0.4) is 0 Å². The van der Waals surface area contributed by atoms with Gasteiger partial charge < -0.3 is 14.6 Å². The van der Waals surface area contributed by atoms with Gasteiger partial charge in [0.1, 0.15) is 18.2 Å². The zero-order valence-corrected chi connectivity index (χ0v) is 10.4. The maximum atomic E-state index is 13.0. The molecule has 5 heteroatoms. The lowest BCUT2D eigenvalue weighted by Crippen LogP contribution is -2.15. The fourth-order valence-corrected chi connectivity index (χ4v) is 1.75. The molecule has 1 aliphatic carbocycles. The van der Waals surface area contributed by atoms with E-state index < -0.39 is 0 Å². The number of aromatic nitrogens is 1. The SMILES string of the molecule is Fc1cccc(OCc2cc(CNC3CC3)no2)c1. The van der Waals surface area contributed by atoms with Gasteiger partial charge >= 0.3 is 0 Å². The summed E-state index contributed by atoms with van der Waals surface area (Å²) in [5, 5.41) is 7.31. The second kappa shape index (κ2) is 5.40. The number of benzene rings is 1. The average Bonchev–Trinajstić information content (AvgIpc) is 3.13. The minimum Gasteiger partial charge on any atom is -0.485 e. The van der Waals surface area contributed by atoms with Crippen LogP contribution in [0.15, 0.2) is 34.9 Å². The number of hydrogen-bond acceptors (Lipinski definition) is 4. The number of rotatable bonds is 6. The summed E-state index contributed by atoms with van der Waals surface area (Å²) >= 11 is 0. The Kier molecular flexibility index (Phi) is 3.46. The Morgan fingerprint density at radius 2 is 2.26 bits per heavy atom. The van der Waals surface area contributed by atoms with E-state index in [1.165, 1.54) is 25.0 Å². The molecule has 1 heterocycles. The summed E-state index contributed by atoms with van der Waals surface area (Å²) in [6, 6.07) is 8.53. The predicted octanol–water partition coefficient (Wildman–Crippen LogP) is 2.64. The van der Waals surface area contributed by atoms with Crippen LogP contribution in [0.1, 0.15) is 24.3 Å². The zero-order chi connectivity index (χ0) is 13.1. The van der Waals surface area contributed by atoms with Crippen LogP contribution in [-0.2, 0) is 13.2 Å². The van der Waals surface area contributed by atoms with E-state index in [4.69, 9.17) is 9.26 Å². The molecule has 0 atom stereocenters. The van der Waals surface area contributed by atoms with Gasteiger partial charge in [0, 0.05) is 24.7 Å². The van der Waals surface area contributed by atoms with Crippen LogP contribution in [0, 0.1) is 5.82 Å². The highest BCUT2D eigenvalue weighted by atomic mass is 19.1. The summed E-state index contributed by atoms with van der Waals surface area (Å²) in [7, 11) is 0. The summed E-state index contributed by atoms with van der Waals surface area (Å²) in [6.45, 7) is 0.966. The molecule has 0 aliphatic heterocycles. The minimum absolute atomic E-state index is 0.250. The third-order valence-electron chi connectivity index (χ3n) is 2.93. The van der Waals surface area contributed by atoms with E-state index >= 15 is 0 Å². The molecule has 19 heavy (non-hydrogen) atoms. The summed E-state index contributed by atoms with van der Waals surface area (Å²) < 4.78 is 23.5. The molecule has 2 aromatic rings. The second-order valence-electron chi connectivity index (χ2n) is 4.69. The van der Waals surface area contributed by atoms with Crippen molar-refractivity contribution in [3.63, 3.8) is 0 Å². The molecular weight excluding hydrogens is 247 g/mol. The van der Waals surface area contributed by atoms with Crippen molar-refractivity contribution in [1.29, 1.82) is 0 Å². The number of ether oxygens (including phenoxy) is 1. The normalized spacial score (nSPS) is 14.6. The predicted molar refractivity (Wildman–Crippen MR) is 67.1 cm³/mol. The van der Waals surface area contributed by atoms with Crippen molar-refractivity contribution in [2.45, 2.75) is 32.0 Å². The first-order valence-electron chi connectivity index (χ1n) is 6.36. The highest BCUT2D eigenvalue weighted by Crippen LogP contribution is 2.19. The van der Waals surface area contributed by atoms with E-state index in [0.717, 1.165) is 5.69 Å². The van der Waals surface area contributed by atoms with Crippen LogP contribution >= 0.6 is 0 Å². The van der Waals surface area contributed by atoms with Gasteiger partial charge in [-0.2, -0.15) is 0 Å². The van der Waals surface area contributed by atoms with Crippen LogP contribution in [0.5, 0.6) is 5.75 Å². The smallest absolute Gasteiger partial charge is 0.174 e. The molecule has 1 saturated carbocycles. The van der Waals surface area contributed by atoms with Gasteiger partial charge in [-0.15, -0.1) is 0 Å². The third kappa shape index (κ3) is 3.54. The summed E-state index contributed by atoms with van der Waals surface area (Å²) in [5.41, 5.74) is 0.866. The fraction of sp³-hybridized carbons (Fsp3) is 0.357. The lowest BCUT2D eigenvalue weighted by molar-refractivity contribution is 0.247. The molecule has 100 valence electrons. The first-order valence-corrected chi connectivity index (χ1v) is 6.36. The van der Waals surface area contributed by atoms with E-state index in [1.807, 2.05) is 6.07 Å². The molecule has 0 saturated heterocycles. The van der Waals surface area contributed by atoms with E-state index in [2.05, 4.69) is 10.5 Å². The Morgan fingerprint density at radius 3 is 3.05 bits per heavy atom. The van der Waals surface area contributed by atoms with E-state index in [0.29, 0.717) is 24.1 Å². The molecule has 0 amide bonds. The summed E-state index contributed by atoms with van der Waals surface area (Å²) in [6.07, 6.45) is 2.49. The largest absolute Gasteiger partial charge is 0.485 e. The van der Waals surface area contributed by atoms with Crippen LogP contribution in [0.2, 0.25) is 0 Å². The van der Waals surface area contributed by atoms with Crippen molar-refractivity contribution in [3.8, 4) is 5.75 Å². The molecule has 1 fully saturated rings. The van der Waals surface area contributed by atoms with Crippen molar-refractivity contribution in [2.24, 2.45) is 0 Å². The highest BCUT2D eigenvalue weighted by Gasteiger charge is 2.20. The zero-order valence-electron chi connectivity index (χ0n) is 10.4. The molecule has 0 spiro atoms. The standard InChI is InChI=1S/C14H15FN2O2/c15-10-2-1-3-13(6-10)18-9-14-7-12(17-19-14)8-16-11-4-5-11/h1-3,6-7,11,16H,4-5,8-9H2. The molecule has 1 aromatic carbocycles. The van der Waals surface area contributed by atoms with Gasteiger partial charge in [-0.1, -0.05) is 11.2 Å². The quantitative estimate of drug-likeness (QED) is 0.869. The average molecular weight is 262 g/mol. The van der Waals surface area contributed by atoms with Crippen LogP contribution in [0.25, 0.3) is 0 Å². The Hall–Kier alpha value is -1.88. The number of nitrogens with zero attached hydrogens (tertiary/aromatic N) is 1. The van der Waals surface area contributed by atoms with Gasteiger partial charge in [0.05, 0.1) is 5.69 Å². The molecule has 0 unspecified atom stereocenters. The molecule has 3 rings (SSSR count). The Bertz CT molecular complexity index is 552. The van der Waals surface area contributed by atoms with Crippen molar-refractivity contribution in [2.75, 3.05) is 0 Å². The number of halogens is 1. The summed E-state index contributed by atoms with van der Waals surface area (Å²) in [5.74, 6) is 0.801. The van der Waals surface area contributed by atoms with E-state index in [9.17, 15) is 4.39 Å². The van der Waals surface area contributed by atoms with Gasteiger partial charge in [0.15, 0.2) is 5.76 Å². The van der Waals surface area contributed by atoms with Crippen LogP contribution in [0.4, 0.5) is 4.39 Å². The lowest BCUT2D eigenvalue weighted by Gasteiger charge is -2.02. The monoisotopic (exact) mass is 262 g/mol. The Labute approximate surface area is 110 Å². The van der Waals surface area contributed by atoms with Crippen molar-refractivity contribution in [3.05, 3.63) is 47.6 Å². The Morgan fingerprint density at radius 1 is 1.37 bits per heavy atom. The van der Waals surface area contributed by atoms with Gasteiger partial charge in [-0.25, -0.2) is 4.39 Å². The lowest BCUT2D eigenvalue weighted by atomic mass is 10.3. The Balaban J connectivity index is 1.51. The molecule has 1 N–H and O–H groups in total. The van der Waals surface area contributed by atoms with E-state index in [-0.39, 0.29) is 12.4 Å². The number of hydrogen-bond donors (Lipinski definition) is 1. The van der Waals surface area contributed by atoms with Crippen LogP contribution in [-0.4, -0.2) is 11.2 Å². The van der Waals surface area contributed by atoms with Crippen LogP contribution < -0.4 is 10.1 Å². The fourth-order valence-electron chi connectivity index (χ4n) is 1.75. The highest BCUT2D eigenvalue weighted by molar-refractivity contribution is 5.22. The van der Waals surface area contributed by atoms with Gasteiger partial charge in [0.25, 0.3) is 0 Å². The second-order valence-corrected chi connectivity index (χ2v) is 4.69. The van der Waals surface area contributed by atoms with Gasteiger partial charge in [-0.05, 0) is 25.0 Å². The molecular formula is C14H15FN2O2. The van der Waals surface area contributed by atoms with E-state index in [1.54, 1.807) is 12.1 Å². The molecule has 4 nitrogen and oxygen atoms in total. The molecule has 1 aliphatic rings. The first-order chi connectivity index (χ1) is 9.29. The maximum Gasteiger partial charge on any atom is 0.174 e. The molecule has 0 bridgehead atoms. The number of nitrogens with one attached hydrogen (secondary N) is 1. The van der Waals surface area contributed by atoms with Crippen molar-refractivity contribution >= 4 is 0 Å². The van der Waals surface area contributed by atoms with Gasteiger partial charge in [-0.3, -0.25) is 0 Å². The molecule has 1 aromatic heterocycles. The third-order valence-corrected chi connectivity index (χ3v) is 2.93. The van der Waals surface area contributed by atoms with Crippen molar-refractivity contribution < 1.29 is 13.7 Å². The van der Waals surface area contributed by atoms with Crippen molar-refractivity contribution in [1.82, 2.24) is 10.5 Å².